The van der Waals surface area contributed by atoms with Crippen LogP contribution in [0.25, 0.3) is 0 Å². The van der Waals surface area contributed by atoms with Gasteiger partial charge in [0.2, 0.25) is 0 Å². The Morgan fingerprint density at radius 1 is 1.57 bits per heavy atom. The van der Waals surface area contributed by atoms with Crippen molar-refractivity contribution in [3.8, 4) is 6.07 Å². The SMILES string of the molecule is CC(C)(C)OC(=O)N1CCCC(CSc2cc(C#N)ccn2)C1. The van der Waals surface area contributed by atoms with Gasteiger partial charge in [0.15, 0.2) is 0 Å². The minimum absolute atomic E-state index is 0.225. The Kier molecular flexibility index (Phi) is 5.89. The molecule has 1 saturated heterocycles. The number of pyridine rings is 1. The molecule has 1 amide bonds. The average molecular weight is 333 g/mol. The highest BCUT2D eigenvalue weighted by Gasteiger charge is 2.27. The van der Waals surface area contributed by atoms with Crippen molar-refractivity contribution in [2.24, 2.45) is 5.92 Å². The molecule has 0 aromatic carbocycles. The number of carbonyl (C=O) groups is 1. The summed E-state index contributed by atoms with van der Waals surface area (Å²) in [6.45, 7) is 7.14. The highest BCUT2D eigenvalue weighted by atomic mass is 32.2. The lowest BCUT2D eigenvalue weighted by Gasteiger charge is -2.34. The molecule has 0 radical (unpaired) electrons. The van der Waals surface area contributed by atoms with Crippen molar-refractivity contribution in [2.75, 3.05) is 18.8 Å². The van der Waals surface area contributed by atoms with Crippen LogP contribution >= 0.6 is 11.8 Å². The van der Waals surface area contributed by atoms with Crippen molar-refractivity contribution in [3.05, 3.63) is 23.9 Å². The molecule has 0 saturated carbocycles. The molecule has 0 bridgehead atoms. The fraction of sp³-hybridized carbons (Fsp3) is 0.588. The van der Waals surface area contributed by atoms with Gasteiger partial charge in [-0.25, -0.2) is 9.78 Å². The maximum Gasteiger partial charge on any atom is 0.410 e. The molecule has 0 spiro atoms. The van der Waals surface area contributed by atoms with Crippen molar-refractivity contribution in [1.82, 2.24) is 9.88 Å². The van der Waals surface area contributed by atoms with Crippen LogP contribution in [0.15, 0.2) is 23.4 Å². The summed E-state index contributed by atoms with van der Waals surface area (Å²) in [6, 6.07) is 5.63. The van der Waals surface area contributed by atoms with Crippen LogP contribution in [0, 0.1) is 17.2 Å². The number of nitrogens with zero attached hydrogens (tertiary/aromatic N) is 3. The lowest BCUT2D eigenvalue weighted by atomic mass is 10.0. The first-order chi connectivity index (χ1) is 10.9. The highest BCUT2D eigenvalue weighted by Crippen LogP contribution is 2.26. The summed E-state index contributed by atoms with van der Waals surface area (Å²) in [7, 11) is 0. The predicted octanol–water partition coefficient (Wildman–Crippen LogP) is 3.69. The summed E-state index contributed by atoms with van der Waals surface area (Å²) in [4.78, 5) is 18.3. The van der Waals surface area contributed by atoms with Gasteiger partial charge in [0.1, 0.15) is 5.60 Å². The van der Waals surface area contributed by atoms with Crippen LogP contribution in [-0.4, -0.2) is 40.4 Å². The molecule has 1 fully saturated rings. The lowest BCUT2D eigenvalue weighted by Crippen LogP contribution is -2.43. The maximum absolute atomic E-state index is 12.2. The van der Waals surface area contributed by atoms with Crippen molar-refractivity contribution in [3.63, 3.8) is 0 Å². The second-order valence-corrected chi connectivity index (χ2v) is 7.78. The van der Waals surface area contributed by atoms with Crippen LogP contribution in [0.2, 0.25) is 0 Å². The molecule has 1 aromatic rings. The largest absolute Gasteiger partial charge is 0.444 e. The van der Waals surface area contributed by atoms with Gasteiger partial charge in [-0.1, -0.05) is 0 Å². The van der Waals surface area contributed by atoms with E-state index < -0.39 is 5.60 Å². The summed E-state index contributed by atoms with van der Waals surface area (Å²) in [5, 5.41) is 9.78. The first-order valence-corrected chi connectivity index (χ1v) is 8.83. The molecule has 1 atom stereocenters. The van der Waals surface area contributed by atoms with Gasteiger partial charge < -0.3 is 9.64 Å². The van der Waals surface area contributed by atoms with Crippen LogP contribution in [0.5, 0.6) is 0 Å². The summed E-state index contributed by atoms with van der Waals surface area (Å²) < 4.78 is 5.45. The molecular formula is C17H23N3O2S. The van der Waals surface area contributed by atoms with Gasteiger partial charge in [0.05, 0.1) is 16.7 Å². The summed E-state index contributed by atoms with van der Waals surface area (Å²) in [6.07, 6.45) is 3.53. The number of aromatic nitrogens is 1. The molecule has 5 nitrogen and oxygen atoms in total. The number of rotatable bonds is 3. The van der Waals surface area contributed by atoms with E-state index in [-0.39, 0.29) is 6.09 Å². The Balaban J connectivity index is 1.86. The molecule has 1 unspecified atom stereocenters. The van der Waals surface area contributed by atoms with Gasteiger partial charge in [-0.05, 0) is 51.7 Å². The topological polar surface area (TPSA) is 66.2 Å². The number of hydrogen-bond acceptors (Lipinski definition) is 5. The number of nitriles is 1. The van der Waals surface area contributed by atoms with Crippen molar-refractivity contribution in [2.45, 2.75) is 44.2 Å². The smallest absolute Gasteiger partial charge is 0.410 e. The Bertz CT molecular complexity index is 592. The third-order valence-electron chi connectivity index (χ3n) is 3.50. The van der Waals surface area contributed by atoms with Crippen molar-refractivity contribution < 1.29 is 9.53 Å². The maximum atomic E-state index is 12.2. The Morgan fingerprint density at radius 2 is 2.35 bits per heavy atom. The van der Waals surface area contributed by atoms with Gasteiger partial charge in [-0.15, -0.1) is 11.8 Å². The van der Waals surface area contributed by atoms with Crippen LogP contribution in [0.1, 0.15) is 39.2 Å². The monoisotopic (exact) mass is 333 g/mol. The first-order valence-electron chi connectivity index (χ1n) is 7.84. The molecule has 23 heavy (non-hydrogen) atoms. The molecule has 0 N–H and O–H groups in total. The fourth-order valence-electron chi connectivity index (χ4n) is 2.45. The molecule has 6 heteroatoms. The van der Waals surface area contributed by atoms with E-state index in [9.17, 15) is 4.79 Å². The van der Waals surface area contributed by atoms with Crippen LogP contribution in [0.4, 0.5) is 4.79 Å². The normalized spacial score (nSPS) is 18.3. The predicted molar refractivity (Wildman–Crippen MR) is 90.2 cm³/mol. The number of amides is 1. The van der Waals surface area contributed by atoms with E-state index in [1.54, 1.807) is 35.0 Å². The second-order valence-electron chi connectivity index (χ2n) is 6.74. The molecule has 1 aliphatic rings. The Labute approximate surface area is 142 Å². The molecule has 124 valence electrons. The zero-order valence-corrected chi connectivity index (χ0v) is 14.7. The number of likely N-dealkylation sites (tertiary alicyclic amines) is 1. The zero-order chi connectivity index (χ0) is 16.9. The summed E-state index contributed by atoms with van der Waals surface area (Å²) >= 11 is 1.64. The number of piperidine rings is 1. The Hall–Kier alpha value is -1.74. The van der Waals surface area contributed by atoms with E-state index in [4.69, 9.17) is 10.00 Å². The van der Waals surface area contributed by atoms with Gasteiger partial charge in [-0.2, -0.15) is 5.26 Å². The highest BCUT2D eigenvalue weighted by molar-refractivity contribution is 7.99. The van der Waals surface area contributed by atoms with Crippen molar-refractivity contribution >= 4 is 17.9 Å². The number of hydrogen-bond donors (Lipinski definition) is 0. The van der Waals surface area contributed by atoms with Gasteiger partial charge in [0.25, 0.3) is 0 Å². The molecular weight excluding hydrogens is 310 g/mol. The van der Waals surface area contributed by atoms with Crippen LogP contribution in [-0.2, 0) is 4.74 Å². The lowest BCUT2D eigenvalue weighted by molar-refractivity contribution is 0.0177. The summed E-state index contributed by atoms with van der Waals surface area (Å²) in [5.74, 6) is 1.31. The van der Waals surface area contributed by atoms with Crippen LogP contribution in [0.3, 0.4) is 0 Å². The minimum atomic E-state index is -0.458. The standard InChI is InChI=1S/C17H23N3O2S/c1-17(2,3)22-16(21)20-8-4-5-14(11-20)12-23-15-9-13(10-18)6-7-19-15/h6-7,9,14H,4-5,8,11-12H2,1-3H3. The van der Waals surface area contributed by atoms with Gasteiger partial charge in [0, 0.05) is 25.0 Å². The van der Waals surface area contributed by atoms with Gasteiger partial charge in [-0.3, -0.25) is 0 Å². The number of carbonyl (C=O) groups excluding carboxylic acids is 1. The molecule has 1 aromatic heterocycles. The Morgan fingerprint density at radius 3 is 3.04 bits per heavy atom. The molecule has 1 aliphatic heterocycles. The number of ether oxygens (including phenoxy) is 1. The quantitative estimate of drug-likeness (QED) is 0.789. The van der Waals surface area contributed by atoms with E-state index in [1.807, 2.05) is 20.8 Å². The van der Waals surface area contributed by atoms with E-state index in [0.717, 1.165) is 36.7 Å². The third-order valence-corrected chi connectivity index (χ3v) is 4.66. The molecule has 2 heterocycles. The van der Waals surface area contributed by atoms with E-state index in [1.165, 1.54) is 0 Å². The minimum Gasteiger partial charge on any atom is -0.444 e. The van der Waals surface area contributed by atoms with E-state index in [0.29, 0.717) is 11.5 Å². The van der Waals surface area contributed by atoms with Crippen LogP contribution < -0.4 is 0 Å². The average Bonchev–Trinajstić information content (AvgIpc) is 2.52. The molecule has 0 aliphatic carbocycles. The number of thioether (sulfide) groups is 1. The third kappa shape index (κ3) is 5.76. The zero-order valence-electron chi connectivity index (χ0n) is 13.9. The summed E-state index contributed by atoms with van der Waals surface area (Å²) in [5.41, 5.74) is 0.169. The van der Waals surface area contributed by atoms with E-state index >= 15 is 0 Å². The second kappa shape index (κ2) is 7.69. The molecule has 2 rings (SSSR count). The van der Waals surface area contributed by atoms with Crippen molar-refractivity contribution in [1.29, 1.82) is 5.26 Å². The van der Waals surface area contributed by atoms with E-state index in [2.05, 4.69) is 11.1 Å². The van der Waals surface area contributed by atoms with Gasteiger partial charge >= 0.3 is 6.09 Å². The first kappa shape index (κ1) is 17.6. The fourth-order valence-corrected chi connectivity index (χ4v) is 3.48.